The van der Waals surface area contributed by atoms with Gasteiger partial charge in [-0.2, -0.15) is 0 Å². The standard InChI is InChI=1S/C10H13NO2S/c1-8-4-2-3-5-10(8)14(12,13)9-6-11-7-9/h2-5,9,11H,6-7H2,1H3. The van der Waals surface area contributed by atoms with Gasteiger partial charge in [0.25, 0.3) is 0 Å². The molecule has 0 aromatic heterocycles. The quantitative estimate of drug-likeness (QED) is 0.785. The smallest absolute Gasteiger partial charge is 0.183 e. The van der Waals surface area contributed by atoms with Crippen molar-refractivity contribution in [3.63, 3.8) is 0 Å². The zero-order valence-corrected chi connectivity index (χ0v) is 8.84. The number of aryl methyl sites for hydroxylation is 1. The van der Waals surface area contributed by atoms with Gasteiger partial charge in [0.1, 0.15) is 0 Å². The van der Waals surface area contributed by atoms with E-state index in [0.717, 1.165) is 5.56 Å². The molecular formula is C10H13NO2S. The first-order chi connectivity index (χ1) is 6.62. The highest BCUT2D eigenvalue weighted by Gasteiger charge is 2.33. The van der Waals surface area contributed by atoms with Crippen molar-refractivity contribution in [2.75, 3.05) is 13.1 Å². The molecule has 1 aromatic carbocycles. The second kappa shape index (κ2) is 3.37. The van der Waals surface area contributed by atoms with Crippen LogP contribution in [-0.2, 0) is 9.84 Å². The first-order valence-corrected chi connectivity index (χ1v) is 6.17. The highest BCUT2D eigenvalue weighted by Crippen LogP contribution is 2.21. The average molecular weight is 211 g/mol. The summed E-state index contributed by atoms with van der Waals surface area (Å²) in [6.45, 7) is 2.99. The van der Waals surface area contributed by atoms with Crippen molar-refractivity contribution >= 4 is 9.84 Å². The molecule has 0 amide bonds. The monoisotopic (exact) mass is 211 g/mol. The van der Waals surface area contributed by atoms with E-state index in [4.69, 9.17) is 0 Å². The molecule has 1 heterocycles. The minimum Gasteiger partial charge on any atom is -0.314 e. The third-order valence-electron chi connectivity index (χ3n) is 2.58. The molecule has 0 saturated carbocycles. The molecule has 1 fully saturated rings. The Kier molecular flexibility index (Phi) is 2.33. The zero-order chi connectivity index (χ0) is 10.2. The lowest BCUT2D eigenvalue weighted by Gasteiger charge is -2.27. The molecule has 0 unspecified atom stereocenters. The van der Waals surface area contributed by atoms with E-state index in [1.807, 2.05) is 19.1 Å². The van der Waals surface area contributed by atoms with E-state index < -0.39 is 9.84 Å². The lowest BCUT2D eigenvalue weighted by Crippen LogP contribution is -2.51. The lowest BCUT2D eigenvalue weighted by atomic mass is 10.2. The molecule has 0 spiro atoms. The largest absolute Gasteiger partial charge is 0.314 e. The van der Waals surface area contributed by atoms with E-state index in [0.29, 0.717) is 18.0 Å². The lowest BCUT2D eigenvalue weighted by molar-refractivity contribution is 0.495. The predicted octanol–water partition coefficient (Wildman–Crippen LogP) is 0.741. The van der Waals surface area contributed by atoms with Crippen LogP contribution >= 0.6 is 0 Å². The van der Waals surface area contributed by atoms with Crippen molar-refractivity contribution in [2.45, 2.75) is 17.1 Å². The second-order valence-electron chi connectivity index (χ2n) is 3.59. The summed E-state index contributed by atoms with van der Waals surface area (Å²) >= 11 is 0. The summed E-state index contributed by atoms with van der Waals surface area (Å²) in [4.78, 5) is 0.478. The molecule has 1 N–H and O–H groups in total. The molecule has 1 aliphatic rings. The second-order valence-corrected chi connectivity index (χ2v) is 5.79. The minimum atomic E-state index is -3.10. The van der Waals surface area contributed by atoms with Crippen LogP contribution in [0.25, 0.3) is 0 Å². The SMILES string of the molecule is Cc1ccccc1S(=O)(=O)C1CNC1. The Labute approximate surface area is 84.1 Å². The van der Waals surface area contributed by atoms with Crippen molar-refractivity contribution in [1.29, 1.82) is 0 Å². The molecule has 14 heavy (non-hydrogen) atoms. The highest BCUT2D eigenvalue weighted by molar-refractivity contribution is 7.92. The van der Waals surface area contributed by atoms with Crippen molar-refractivity contribution in [3.05, 3.63) is 29.8 Å². The van der Waals surface area contributed by atoms with Crippen LogP contribution in [0.4, 0.5) is 0 Å². The van der Waals surface area contributed by atoms with E-state index in [-0.39, 0.29) is 5.25 Å². The number of benzene rings is 1. The first kappa shape index (κ1) is 9.68. The molecule has 2 rings (SSSR count). The van der Waals surface area contributed by atoms with Crippen molar-refractivity contribution in [1.82, 2.24) is 5.32 Å². The number of hydrogen-bond donors (Lipinski definition) is 1. The van der Waals surface area contributed by atoms with E-state index in [2.05, 4.69) is 5.32 Å². The summed E-state index contributed by atoms with van der Waals surface area (Å²) in [6.07, 6.45) is 0. The summed E-state index contributed by atoms with van der Waals surface area (Å²) in [6, 6.07) is 7.14. The number of sulfone groups is 1. The Bertz CT molecular complexity index is 435. The topological polar surface area (TPSA) is 46.2 Å². The van der Waals surface area contributed by atoms with Crippen molar-refractivity contribution < 1.29 is 8.42 Å². The van der Waals surface area contributed by atoms with E-state index in [1.54, 1.807) is 12.1 Å². The first-order valence-electron chi connectivity index (χ1n) is 4.62. The zero-order valence-electron chi connectivity index (χ0n) is 8.03. The molecular weight excluding hydrogens is 198 g/mol. The van der Waals surface area contributed by atoms with Gasteiger partial charge in [-0.1, -0.05) is 18.2 Å². The molecule has 1 aliphatic heterocycles. The Morgan fingerprint density at radius 2 is 1.93 bits per heavy atom. The Morgan fingerprint density at radius 3 is 2.43 bits per heavy atom. The Hall–Kier alpha value is -0.870. The number of hydrogen-bond acceptors (Lipinski definition) is 3. The maximum Gasteiger partial charge on any atom is 0.183 e. The molecule has 0 aliphatic carbocycles. The molecule has 3 nitrogen and oxygen atoms in total. The van der Waals surface area contributed by atoms with Crippen LogP contribution < -0.4 is 5.32 Å². The number of nitrogens with one attached hydrogen (secondary N) is 1. The van der Waals surface area contributed by atoms with Gasteiger partial charge in [0.05, 0.1) is 10.1 Å². The van der Waals surface area contributed by atoms with Crippen molar-refractivity contribution in [2.24, 2.45) is 0 Å². The maximum absolute atomic E-state index is 12.0. The van der Waals surface area contributed by atoms with E-state index in [1.165, 1.54) is 0 Å². The van der Waals surface area contributed by atoms with Crippen LogP contribution in [-0.4, -0.2) is 26.8 Å². The van der Waals surface area contributed by atoms with Crippen LogP contribution in [0.2, 0.25) is 0 Å². The van der Waals surface area contributed by atoms with Crippen LogP contribution in [0.1, 0.15) is 5.56 Å². The molecule has 1 saturated heterocycles. The van der Waals surface area contributed by atoms with Gasteiger partial charge in [0.15, 0.2) is 9.84 Å². The van der Waals surface area contributed by atoms with Gasteiger partial charge < -0.3 is 5.32 Å². The molecule has 0 bridgehead atoms. The number of rotatable bonds is 2. The fourth-order valence-corrected chi connectivity index (χ4v) is 3.36. The molecule has 4 heteroatoms. The molecule has 0 atom stereocenters. The van der Waals surface area contributed by atoms with E-state index >= 15 is 0 Å². The fraction of sp³-hybridized carbons (Fsp3) is 0.400. The van der Waals surface area contributed by atoms with Crippen LogP contribution in [0.5, 0.6) is 0 Å². The van der Waals surface area contributed by atoms with Crippen LogP contribution in [0.15, 0.2) is 29.2 Å². The summed E-state index contributed by atoms with van der Waals surface area (Å²) in [7, 11) is -3.10. The van der Waals surface area contributed by atoms with Gasteiger partial charge in [-0.15, -0.1) is 0 Å². The van der Waals surface area contributed by atoms with Gasteiger partial charge in [0.2, 0.25) is 0 Å². The summed E-state index contributed by atoms with van der Waals surface area (Å²) in [5, 5.41) is 2.74. The van der Waals surface area contributed by atoms with Gasteiger partial charge in [-0.25, -0.2) is 8.42 Å². The predicted molar refractivity (Wildman–Crippen MR) is 55.0 cm³/mol. The van der Waals surface area contributed by atoms with E-state index in [9.17, 15) is 8.42 Å². The third kappa shape index (κ3) is 1.44. The van der Waals surface area contributed by atoms with Crippen LogP contribution in [0, 0.1) is 6.92 Å². The van der Waals surface area contributed by atoms with Crippen LogP contribution in [0.3, 0.4) is 0 Å². The molecule has 76 valence electrons. The highest BCUT2D eigenvalue weighted by atomic mass is 32.2. The fourth-order valence-electron chi connectivity index (χ4n) is 1.54. The van der Waals surface area contributed by atoms with Gasteiger partial charge in [0, 0.05) is 13.1 Å². The Balaban J connectivity index is 2.43. The van der Waals surface area contributed by atoms with Gasteiger partial charge >= 0.3 is 0 Å². The maximum atomic E-state index is 12.0. The average Bonchev–Trinajstić information content (AvgIpc) is 2.00. The third-order valence-corrected chi connectivity index (χ3v) is 4.87. The minimum absolute atomic E-state index is 0.233. The van der Waals surface area contributed by atoms with Crippen molar-refractivity contribution in [3.8, 4) is 0 Å². The Morgan fingerprint density at radius 1 is 1.29 bits per heavy atom. The van der Waals surface area contributed by atoms with Gasteiger partial charge in [-0.3, -0.25) is 0 Å². The molecule has 1 aromatic rings. The summed E-state index contributed by atoms with van der Waals surface area (Å²) in [5.74, 6) is 0. The van der Waals surface area contributed by atoms with Gasteiger partial charge in [-0.05, 0) is 18.6 Å². The summed E-state index contributed by atoms with van der Waals surface area (Å²) < 4.78 is 24.0. The summed E-state index contributed by atoms with van der Waals surface area (Å²) in [5.41, 5.74) is 0.833. The normalized spacial score (nSPS) is 17.8. The molecule has 0 radical (unpaired) electrons.